The molecule has 27 heavy (non-hydrogen) atoms. The van der Waals surface area contributed by atoms with Gasteiger partial charge in [-0.15, -0.1) is 0 Å². The van der Waals surface area contributed by atoms with Crippen LogP contribution in [0, 0.1) is 11.7 Å². The third kappa shape index (κ3) is 4.90. The molecule has 2 atom stereocenters. The van der Waals surface area contributed by atoms with E-state index in [0.717, 1.165) is 18.8 Å². The summed E-state index contributed by atoms with van der Waals surface area (Å²) in [4.78, 5) is 49.0. The molecule has 1 fully saturated rings. The molecule has 1 aromatic carbocycles. The fourth-order valence-corrected chi connectivity index (χ4v) is 3.10. The molecule has 1 saturated heterocycles. The summed E-state index contributed by atoms with van der Waals surface area (Å²) in [5, 5.41) is 5.01. The molecule has 8 heteroatoms. The first-order valence-corrected chi connectivity index (χ1v) is 8.88. The Kier molecular flexibility index (Phi) is 6.65. The standard InChI is InChI=1S/C19H24FN3O4/c1-11(2)17(19(27)23-8-4-5-14(23)10-24)22-18(26)15-7-6-13(9-16(15)20)21-12(3)25/h6-7,9-11,14,17H,4-5,8H2,1-3H3,(H,21,25)(H,22,26)/t14-,17-/m0/s1. The lowest BCUT2D eigenvalue weighted by Crippen LogP contribution is -2.52. The summed E-state index contributed by atoms with van der Waals surface area (Å²) in [6.45, 7) is 5.29. The molecule has 7 nitrogen and oxygen atoms in total. The maximum Gasteiger partial charge on any atom is 0.254 e. The first kappa shape index (κ1) is 20.5. The molecular weight excluding hydrogens is 353 g/mol. The van der Waals surface area contributed by atoms with Gasteiger partial charge in [0, 0.05) is 19.2 Å². The minimum atomic E-state index is -0.868. The number of aldehydes is 1. The molecule has 2 rings (SSSR count). The molecule has 0 radical (unpaired) electrons. The normalized spacial score (nSPS) is 17.5. The highest BCUT2D eigenvalue weighted by Gasteiger charge is 2.35. The molecule has 0 aliphatic carbocycles. The zero-order chi connectivity index (χ0) is 20.1. The number of halogens is 1. The topological polar surface area (TPSA) is 95.6 Å². The van der Waals surface area contributed by atoms with Gasteiger partial charge in [0.25, 0.3) is 5.91 Å². The van der Waals surface area contributed by atoms with Crippen LogP contribution in [0.25, 0.3) is 0 Å². The lowest BCUT2D eigenvalue weighted by atomic mass is 10.0. The van der Waals surface area contributed by atoms with Crippen LogP contribution in [0.2, 0.25) is 0 Å². The molecule has 2 N–H and O–H groups in total. The van der Waals surface area contributed by atoms with Gasteiger partial charge < -0.3 is 20.3 Å². The molecule has 1 aliphatic heterocycles. The number of nitrogens with one attached hydrogen (secondary N) is 2. The van der Waals surface area contributed by atoms with Gasteiger partial charge in [0.15, 0.2) is 0 Å². The number of nitrogens with zero attached hydrogens (tertiary/aromatic N) is 1. The van der Waals surface area contributed by atoms with Crippen molar-refractivity contribution in [2.45, 2.75) is 45.7 Å². The first-order valence-electron chi connectivity index (χ1n) is 8.88. The van der Waals surface area contributed by atoms with E-state index in [-0.39, 0.29) is 29.0 Å². The van der Waals surface area contributed by atoms with Crippen LogP contribution in [-0.2, 0) is 14.4 Å². The highest BCUT2D eigenvalue weighted by molar-refractivity contribution is 5.99. The number of hydrogen-bond acceptors (Lipinski definition) is 4. The minimum absolute atomic E-state index is 0.226. The summed E-state index contributed by atoms with van der Waals surface area (Å²) in [5.41, 5.74) is 0.00911. The number of amides is 3. The summed E-state index contributed by atoms with van der Waals surface area (Å²) in [7, 11) is 0. The average molecular weight is 377 g/mol. The van der Waals surface area contributed by atoms with Crippen molar-refractivity contribution in [3.05, 3.63) is 29.6 Å². The summed E-state index contributed by atoms with van der Waals surface area (Å²) in [6, 6.07) is 2.36. The van der Waals surface area contributed by atoms with E-state index in [1.165, 1.54) is 24.0 Å². The largest absolute Gasteiger partial charge is 0.340 e. The van der Waals surface area contributed by atoms with E-state index >= 15 is 0 Å². The van der Waals surface area contributed by atoms with E-state index in [9.17, 15) is 23.6 Å². The lowest BCUT2D eigenvalue weighted by Gasteiger charge is -2.29. The van der Waals surface area contributed by atoms with Gasteiger partial charge in [-0.25, -0.2) is 4.39 Å². The number of benzene rings is 1. The van der Waals surface area contributed by atoms with E-state index in [2.05, 4.69) is 10.6 Å². The zero-order valence-electron chi connectivity index (χ0n) is 15.6. The SMILES string of the molecule is CC(=O)Nc1ccc(C(=O)N[C@H](C(=O)N2CCC[C@H]2C=O)C(C)C)c(F)c1. The molecule has 0 saturated carbocycles. The lowest BCUT2D eigenvalue weighted by molar-refractivity contribution is -0.137. The molecule has 0 spiro atoms. The van der Waals surface area contributed by atoms with Gasteiger partial charge >= 0.3 is 0 Å². The smallest absolute Gasteiger partial charge is 0.254 e. The van der Waals surface area contributed by atoms with Crippen LogP contribution in [0.3, 0.4) is 0 Å². The maximum absolute atomic E-state index is 14.3. The summed E-state index contributed by atoms with van der Waals surface area (Å²) >= 11 is 0. The van der Waals surface area contributed by atoms with Crippen molar-refractivity contribution in [3.8, 4) is 0 Å². The molecule has 146 valence electrons. The van der Waals surface area contributed by atoms with Crippen molar-refractivity contribution in [1.82, 2.24) is 10.2 Å². The number of rotatable bonds is 6. The quantitative estimate of drug-likeness (QED) is 0.738. The molecular formula is C19H24FN3O4. The first-order chi connectivity index (χ1) is 12.7. The van der Waals surface area contributed by atoms with Gasteiger partial charge in [0.05, 0.1) is 11.6 Å². The number of anilines is 1. The molecule has 3 amide bonds. The monoisotopic (exact) mass is 377 g/mol. The van der Waals surface area contributed by atoms with Crippen molar-refractivity contribution in [2.75, 3.05) is 11.9 Å². The third-order valence-electron chi connectivity index (χ3n) is 4.49. The van der Waals surface area contributed by atoms with Crippen molar-refractivity contribution >= 4 is 29.7 Å². The van der Waals surface area contributed by atoms with E-state index < -0.39 is 23.8 Å². The second kappa shape index (κ2) is 8.75. The van der Waals surface area contributed by atoms with Gasteiger partial charge in [0.1, 0.15) is 18.1 Å². The molecule has 1 aliphatic rings. The van der Waals surface area contributed by atoms with E-state index in [0.29, 0.717) is 13.0 Å². The van der Waals surface area contributed by atoms with Crippen LogP contribution in [0.4, 0.5) is 10.1 Å². The van der Waals surface area contributed by atoms with Gasteiger partial charge in [-0.2, -0.15) is 0 Å². The Labute approximate surface area is 157 Å². The summed E-state index contributed by atoms with van der Waals surface area (Å²) in [6.07, 6.45) is 2.07. The highest BCUT2D eigenvalue weighted by Crippen LogP contribution is 2.20. The van der Waals surface area contributed by atoms with Crippen molar-refractivity contribution in [1.29, 1.82) is 0 Å². The predicted molar refractivity (Wildman–Crippen MR) is 97.6 cm³/mol. The fourth-order valence-electron chi connectivity index (χ4n) is 3.10. The minimum Gasteiger partial charge on any atom is -0.340 e. The van der Waals surface area contributed by atoms with Crippen molar-refractivity contribution in [3.63, 3.8) is 0 Å². The summed E-state index contributed by atoms with van der Waals surface area (Å²) in [5.74, 6) is -2.47. The number of likely N-dealkylation sites (tertiary alicyclic amines) is 1. The van der Waals surface area contributed by atoms with Crippen LogP contribution in [0.1, 0.15) is 44.0 Å². The van der Waals surface area contributed by atoms with E-state index in [1.807, 2.05) is 0 Å². The second-order valence-electron chi connectivity index (χ2n) is 6.95. The molecule has 0 bridgehead atoms. The van der Waals surface area contributed by atoms with Crippen LogP contribution in [-0.4, -0.2) is 47.5 Å². The van der Waals surface area contributed by atoms with Gasteiger partial charge in [-0.1, -0.05) is 13.8 Å². The predicted octanol–water partition coefficient (Wildman–Crippen LogP) is 1.73. The number of carbonyl (C=O) groups is 4. The average Bonchev–Trinajstić information content (AvgIpc) is 3.06. The van der Waals surface area contributed by atoms with E-state index in [4.69, 9.17) is 0 Å². The molecule has 0 aromatic heterocycles. The molecule has 1 aromatic rings. The highest BCUT2D eigenvalue weighted by atomic mass is 19.1. The number of carbonyl (C=O) groups excluding carboxylic acids is 4. The van der Waals surface area contributed by atoms with Crippen LogP contribution in [0.15, 0.2) is 18.2 Å². The Morgan fingerprint density at radius 3 is 2.56 bits per heavy atom. The van der Waals surface area contributed by atoms with Gasteiger partial charge in [-0.05, 0) is 37.0 Å². The summed E-state index contributed by atoms with van der Waals surface area (Å²) < 4.78 is 14.3. The second-order valence-corrected chi connectivity index (χ2v) is 6.95. The van der Waals surface area contributed by atoms with Crippen molar-refractivity contribution in [2.24, 2.45) is 5.92 Å². The van der Waals surface area contributed by atoms with Crippen LogP contribution < -0.4 is 10.6 Å². The maximum atomic E-state index is 14.3. The fraction of sp³-hybridized carbons (Fsp3) is 0.474. The Morgan fingerprint density at radius 2 is 2.00 bits per heavy atom. The van der Waals surface area contributed by atoms with Gasteiger partial charge in [-0.3, -0.25) is 14.4 Å². The Bertz CT molecular complexity index is 750. The Hall–Kier alpha value is -2.77. The Morgan fingerprint density at radius 1 is 1.30 bits per heavy atom. The zero-order valence-corrected chi connectivity index (χ0v) is 15.6. The Balaban J connectivity index is 2.16. The molecule has 0 unspecified atom stereocenters. The molecule has 1 heterocycles. The van der Waals surface area contributed by atoms with E-state index in [1.54, 1.807) is 13.8 Å². The number of hydrogen-bond donors (Lipinski definition) is 2. The van der Waals surface area contributed by atoms with Crippen molar-refractivity contribution < 1.29 is 23.6 Å². The third-order valence-corrected chi connectivity index (χ3v) is 4.49. The van der Waals surface area contributed by atoms with Crippen LogP contribution in [0.5, 0.6) is 0 Å². The van der Waals surface area contributed by atoms with Crippen LogP contribution >= 0.6 is 0 Å². The van der Waals surface area contributed by atoms with Gasteiger partial charge in [0.2, 0.25) is 11.8 Å².